The number of nitrogens with one attached hydrogen (secondary N) is 1. The lowest BCUT2D eigenvalue weighted by atomic mass is 10.4. The molecule has 0 aliphatic heterocycles. The molecule has 0 saturated carbocycles. The minimum atomic E-state index is 0.570. The molecule has 0 spiro atoms. The molecule has 0 unspecified atom stereocenters. The summed E-state index contributed by atoms with van der Waals surface area (Å²) in [4.78, 5) is 4.20. The Morgan fingerprint density at radius 3 is 2.93 bits per heavy atom. The molecule has 0 fully saturated rings. The van der Waals surface area contributed by atoms with Gasteiger partial charge < -0.3 is 5.32 Å². The van der Waals surface area contributed by atoms with E-state index in [2.05, 4.69) is 15.4 Å². The zero-order chi connectivity index (χ0) is 9.97. The van der Waals surface area contributed by atoms with E-state index in [0.717, 1.165) is 5.69 Å². The summed E-state index contributed by atoms with van der Waals surface area (Å²) in [7, 11) is 1.82. The van der Waals surface area contributed by atoms with Gasteiger partial charge in [0.15, 0.2) is 5.82 Å². The van der Waals surface area contributed by atoms with Crippen LogP contribution >= 0.6 is 11.6 Å². The van der Waals surface area contributed by atoms with Crippen molar-refractivity contribution in [3.63, 3.8) is 0 Å². The Kier molecular flexibility index (Phi) is 2.37. The maximum absolute atomic E-state index is 6.04. The fourth-order valence-electron chi connectivity index (χ4n) is 1.13. The topological polar surface area (TPSA) is 42.7 Å². The maximum Gasteiger partial charge on any atom is 0.172 e. The van der Waals surface area contributed by atoms with Crippen molar-refractivity contribution < 1.29 is 0 Å². The van der Waals surface area contributed by atoms with Gasteiger partial charge in [-0.2, -0.15) is 5.10 Å². The summed E-state index contributed by atoms with van der Waals surface area (Å²) in [6.07, 6.45) is 5.19. The number of pyridine rings is 1. The third-order valence-electron chi connectivity index (χ3n) is 1.83. The average molecular weight is 209 g/mol. The van der Waals surface area contributed by atoms with Crippen LogP contribution in [-0.2, 0) is 0 Å². The molecule has 2 heterocycles. The molecule has 0 saturated heterocycles. The molecular weight excluding hydrogens is 200 g/mol. The summed E-state index contributed by atoms with van der Waals surface area (Å²) in [5, 5.41) is 7.59. The first-order valence-corrected chi connectivity index (χ1v) is 4.52. The zero-order valence-electron chi connectivity index (χ0n) is 7.61. The molecule has 14 heavy (non-hydrogen) atoms. The number of hydrogen-bond donors (Lipinski definition) is 1. The normalized spacial score (nSPS) is 10.1. The second-order valence-electron chi connectivity index (χ2n) is 2.73. The Hall–Kier alpha value is -1.55. The fraction of sp³-hybridized carbons (Fsp3) is 0.111. The van der Waals surface area contributed by atoms with E-state index in [4.69, 9.17) is 11.6 Å². The molecular formula is C9H9ClN4. The van der Waals surface area contributed by atoms with Gasteiger partial charge >= 0.3 is 0 Å². The van der Waals surface area contributed by atoms with Crippen LogP contribution in [0.4, 0.5) is 5.69 Å². The zero-order valence-corrected chi connectivity index (χ0v) is 8.36. The first kappa shape index (κ1) is 9.02. The van der Waals surface area contributed by atoms with E-state index in [1.807, 2.05) is 19.2 Å². The molecule has 5 heteroatoms. The van der Waals surface area contributed by atoms with E-state index >= 15 is 0 Å². The summed E-state index contributed by atoms with van der Waals surface area (Å²) in [6.45, 7) is 0. The van der Waals surface area contributed by atoms with Gasteiger partial charge in [0, 0.05) is 19.4 Å². The summed E-state index contributed by atoms with van der Waals surface area (Å²) >= 11 is 6.04. The lowest BCUT2D eigenvalue weighted by molar-refractivity contribution is 0.847. The van der Waals surface area contributed by atoms with Crippen molar-refractivity contribution in [3.8, 4) is 5.82 Å². The Morgan fingerprint density at radius 1 is 1.50 bits per heavy atom. The molecule has 2 aromatic heterocycles. The molecule has 0 aromatic carbocycles. The average Bonchev–Trinajstić information content (AvgIpc) is 2.70. The molecule has 72 valence electrons. The van der Waals surface area contributed by atoms with Crippen LogP contribution in [0.15, 0.2) is 30.7 Å². The van der Waals surface area contributed by atoms with Crippen molar-refractivity contribution in [3.05, 3.63) is 35.7 Å². The predicted octanol–water partition coefficient (Wildman–Crippen LogP) is 1.96. The van der Waals surface area contributed by atoms with E-state index < -0.39 is 0 Å². The second-order valence-corrected chi connectivity index (χ2v) is 3.14. The number of rotatable bonds is 2. The minimum Gasteiger partial charge on any atom is -0.387 e. The van der Waals surface area contributed by atoms with E-state index in [0.29, 0.717) is 10.8 Å². The molecule has 0 atom stereocenters. The maximum atomic E-state index is 6.04. The fourth-order valence-corrected chi connectivity index (χ4v) is 1.38. The highest BCUT2D eigenvalue weighted by Crippen LogP contribution is 2.20. The van der Waals surface area contributed by atoms with Gasteiger partial charge in [0.05, 0.1) is 16.9 Å². The first-order chi connectivity index (χ1) is 6.81. The third-order valence-corrected chi connectivity index (χ3v) is 2.11. The van der Waals surface area contributed by atoms with Crippen LogP contribution < -0.4 is 5.32 Å². The summed E-state index contributed by atoms with van der Waals surface area (Å²) in [5.41, 5.74) is 0.880. The van der Waals surface area contributed by atoms with Gasteiger partial charge in [0.2, 0.25) is 0 Å². The van der Waals surface area contributed by atoms with E-state index in [-0.39, 0.29) is 0 Å². The van der Waals surface area contributed by atoms with Gasteiger partial charge in [0.1, 0.15) is 0 Å². The van der Waals surface area contributed by atoms with Crippen molar-refractivity contribution >= 4 is 17.3 Å². The lowest BCUT2D eigenvalue weighted by Crippen LogP contribution is -2.00. The number of nitrogens with zero attached hydrogens (tertiary/aromatic N) is 3. The van der Waals surface area contributed by atoms with Crippen LogP contribution in [0.2, 0.25) is 5.02 Å². The summed E-state index contributed by atoms with van der Waals surface area (Å²) in [6, 6.07) is 3.63. The molecule has 0 aliphatic rings. The standard InChI is InChI=1S/C9H9ClN4/c1-11-7-5-8(10)9(12-6-7)14-4-2-3-13-14/h2-6,11H,1H3. The van der Waals surface area contributed by atoms with Crippen LogP contribution in [0.1, 0.15) is 0 Å². The second kappa shape index (κ2) is 3.67. The van der Waals surface area contributed by atoms with E-state index in [1.165, 1.54) is 0 Å². The van der Waals surface area contributed by atoms with Crippen molar-refractivity contribution in [2.45, 2.75) is 0 Å². The molecule has 1 N–H and O–H groups in total. The molecule has 4 nitrogen and oxygen atoms in total. The molecule has 0 radical (unpaired) electrons. The Labute approximate surface area is 86.5 Å². The van der Waals surface area contributed by atoms with Gasteiger partial charge in [-0.3, -0.25) is 0 Å². The van der Waals surface area contributed by atoms with Gasteiger partial charge in [-0.15, -0.1) is 0 Å². The van der Waals surface area contributed by atoms with Crippen molar-refractivity contribution in [2.75, 3.05) is 12.4 Å². The Balaban J connectivity index is 2.46. The molecule has 0 aliphatic carbocycles. The van der Waals surface area contributed by atoms with Crippen molar-refractivity contribution in [1.29, 1.82) is 0 Å². The Bertz CT molecular complexity index is 424. The van der Waals surface area contributed by atoms with Gasteiger partial charge in [-0.1, -0.05) is 11.6 Å². The van der Waals surface area contributed by atoms with Gasteiger partial charge in [0.25, 0.3) is 0 Å². The highest BCUT2D eigenvalue weighted by Gasteiger charge is 2.04. The molecule has 2 aromatic rings. The van der Waals surface area contributed by atoms with Crippen LogP contribution in [0.3, 0.4) is 0 Å². The largest absolute Gasteiger partial charge is 0.387 e. The van der Waals surface area contributed by atoms with Crippen LogP contribution in [0.25, 0.3) is 5.82 Å². The van der Waals surface area contributed by atoms with Crippen LogP contribution in [-0.4, -0.2) is 21.8 Å². The monoisotopic (exact) mass is 208 g/mol. The number of anilines is 1. The third kappa shape index (κ3) is 1.56. The lowest BCUT2D eigenvalue weighted by Gasteiger charge is -2.05. The van der Waals surface area contributed by atoms with Crippen molar-refractivity contribution in [2.24, 2.45) is 0 Å². The minimum absolute atomic E-state index is 0.570. The summed E-state index contributed by atoms with van der Waals surface area (Å²) in [5.74, 6) is 0.635. The van der Waals surface area contributed by atoms with E-state index in [1.54, 1.807) is 23.3 Å². The van der Waals surface area contributed by atoms with E-state index in [9.17, 15) is 0 Å². The molecule has 0 bridgehead atoms. The smallest absolute Gasteiger partial charge is 0.172 e. The highest BCUT2D eigenvalue weighted by atomic mass is 35.5. The van der Waals surface area contributed by atoms with Crippen LogP contribution in [0, 0.1) is 0 Å². The highest BCUT2D eigenvalue weighted by molar-refractivity contribution is 6.32. The van der Waals surface area contributed by atoms with Crippen LogP contribution in [0.5, 0.6) is 0 Å². The molecule has 0 amide bonds. The quantitative estimate of drug-likeness (QED) is 0.821. The first-order valence-electron chi connectivity index (χ1n) is 4.14. The molecule has 2 rings (SSSR count). The number of hydrogen-bond acceptors (Lipinski definition) is 3. The summed E-state index contributed by atoms with van der Waals surface area (Å²) < 4.78 is 1.63. The Morgan fingerprint density at radius 2 is 2.36 bits per heavy atom. The van der Waals surface area contributed by atoms with Crippen molar-refractivity contribution in [1.82, 2.24) is 14.8 Å². The number of halogens is 1. The number of aromatic nitrogens is 3. The van der Waals surface area contributed by atoms with Gasteiger partial charge in [-0.05, 0) is 12.1 Å². The SMILES string of the molecule is CNc1cnc(-n2cccn2)c(Cl)c1. The predicted molar refractivity (Wildman–Crippen MR) is 55.9 cm³/mol. The van der Waals surface area contributed by atoms with Gasteiger partial charge in [-0.25, -0.2) is 9.67 Å².